The molecule has 1 saturated heterocycles. The smallest absolute Gasteiger partial charge is 0.298 e. The van der Waals surface area contributed by atoms with E-state index in [0.29, 0.717) is 5.82 Å². The number of hydrogen-bond donors (Lipinski definition) is 1. The molecule has 1 fully saturated rings. The Morgan fingerprint density at radius 1 is 1.04 bits per heavy atom. The molecule has 5 heteroatoms. The fraction of sp³-hybridized carbons (Fsp3) is 0.263. The van der Waals surface area contributed by atoms with Crippen LogP contribution < -0.4 is 15.8 Å². The molecule has 1 N–H and O–H groups in total. The highest BCUT2D eigenvalue weighted by molar-refractivity contribution is 5.79. The molecule has 2 aromatic carbocycles. The Bertz CT molecular complexity index is 927. The molecule has 2 heterocycles. The first-order valence-corrected chi connectivity index (χ1v) is 8.28. The lowest BCUT2D eigenvalue weighted by molar-refractivity contribution is 0.583. The fourth-order valence-corrected chi connectivity index (χ4v) is 3.19. The minimum atomic E-state index is -0.0544. The lowest BCUT2D eigenvalue weighted by Crippen LogP contribution is -2.46. The second kappa shape index (κ2) is 6.09. The molecule has 24 heavy (non-hydrogen) atoms. The van der Waals surface area contributed by atoms with Crippen molar-refractivity contribution < 1.29 is 0 Å². The fourth-order valence-electron chi connectivity index (χ4n) is 3.19. The number of nitrogens with zero attached hydrogens (tertiary/aromatic N) is 3. The molecule has 5 nitrogen and oxygen atoms in total. The van der Waals surface area contributed by atoms with Gasteiger partial charge in [-0.25, -0.2) is 4.98 Å². The quantitative estimate of drug-likeness (QED) is 0.786. The normalized spacial score (nSPS) is 15.0. The summed E-state index contributed by atoms with van der Waals surface area (Å²) in [6.45, 7) is 5.38. The molecule has 3 aromatic rings. The number of piperazine rings is 1. The number of para-hydroxylation sites is 1. The summed E-state index contributed by atoms with van der Waals surface area (Å²) >= 11 is 0. The van der Waals surface area contributed by atoms with Crippen molar-refractivity contribution in [1.29, 1.82) is 0 Å². The lowest BCUT2D eigenvalue weighted by Gasteiger charge is -2.28. The number of anilines is 1. The van der Waals surface area contributed by atoms with Gasteiger partial charge in [-0.15, -0.1) is 0 Å². The van der Waals surface area contributed by atoms with E-state index in [9.17, 15) is 4.79 Å². The number of rotatable bonds is 2. The van der Waals surface area contributed by atoms with E-state index in [0.717, 1.165) is 48.5 Å². The van der Waals surface area contributed by atoms with Gasteiger partial charge < -0.3 is 10.2 Å². The Hall–Kier alpha value is -2.66. The third-order valence-electron chi connectivity index (χ3n) is 4.42. The molecule has 122 valence electrons. The summed E-state index contributed by atoms with van der Waals surface area (Å²) in [5, 5.41) is 3.32. The van der Waals surface area contributed by atoms with Crippen LogP contribution in [0.1, 0.15) is 5.56 Å². The Kier molecular flexibility index (Phi) is 3.78. The summed E-state index contributed by atoms with van der Waals surface area (Å²) in [6.07, 6.45) is 0. The van der Waals surface area contributed by atoms with Crippen molar-refractivity contribution in [1.82, 2.24) is 14.9 Å². The molecular formula is C19H20N4O. The largest absolute Gasteiger partial charge is 0.349 e. The van der Waals surface area contributed by atoms with Gasteiger partial charge in [0.1, 0.15) is 0 Å². The van der Waals surface area contributed by atoms with Crippen molar-refractivity contribution in [3.05, 3.63) is 64.4 Å². The van der Waals surface area contributed by atoms with Crippen LogP contribution in [0.4, 0.5) is 5.82 Å². The topological polar surface area (TPSA) is 50.2 Å². The lowest BCUT2D eigenvalue weighted by atomic mass is 10.2. The molecule has 1 aliphatic rings. The molecule has 1 aromatic heterocycles. The Morgan fingerprint density at radius 3 is 2.54 bits per heavy atom. The van der Waals surface area contributed by atoms with Gasteiger partial charge in [0.15, 0.2) is 5.82 Å². The summed E-state index contributed by atoms with van der Waals surface area (Å²) in [5.41, 5.74) is 3.63. The first-order chi connectivity index (χ1) is 11.7. The number of aryl methyl sites for hydroxylation is 1. The van der Waals surface area contributed by atoms with E-state index in [1.54, 1.807) is 4.57 Å². The molecule has 0 atom stereocenters. The highest BCUT2D eigenvalue weighted by Crippen LogP contribution is 2.20. The molecule has 0 saturated carbocycles. The van der Waals surface area contributed by atoms with Gasteiger partial charge in [-0.1, -0.05) is 24.3 Å². The summed E-state index contributed by atoms with van der Waals surface area (Å²) in [6, 6.07) is 15.8. The minimum Gasteiger partial charge on any atom is -0.349 e. The van der Waals surface area contributed by atoms with Crippen molar-refractivity contribution >= 4 is 16.9 Å². The maximum Gasteiger partial charge on any atom is 0.298 e. The van der Waals surface area contributed by atoms with E-state index in [2.05, 4.69) is 10.2 Å². The zero-order valence-corrected chi connectivity index (χ0v) is 13.7. The molecule has 0 amide bonds. The number of aromatic nitrogens is 2. The second-order valence-electron chi connectivity index (χ2n) is 6.14. The standard InChI is InChI=1S/C19H20N4O/c1-14-7-8-16-17(13-14)23(15-5-3-2-4-6-15)19(24)18(21-16)22-11-9-20-10-12-22/h2-8,13,20H,9-12H2,1H3. The van der Waals surface area contributed by atoms with E-state index < -0.39 is 0 Å². The van der Waals surface area contributed by atoms with Crippen LogP contribution in [0.15, 0.2) is 53.3 Å². The molecule has 0 spiro atoms. The average Bonchev–Trinajstić information content (AvgIpc) is 2.63. The number of hydrogen-bond acceptors (Lipinski definition) is 4. The Balaban J connectivity index is 2.01. The van der Waals surface area contributed by atoms with E-state index in [1.807, 2.05) is 55.5 Å². The molecule has 0 aliphatic carbocycles. The van der Waals surface area contributed by atoms with Crippen molar-refractivity contribution in [2.45, 2.75) is 6.92 Å². The zero-order chi connectivity index (χ0) is 16.5. The number of nitrogens with one attached hydrogen (secondary N) is 1. The Morgan fingerprint density at radius 2 is 1.79 bits per heavy atom. The second-order valence-corrected chi connectivity index (χ2v) is 6.14. The van der Waals surface area contributed by atoms with Gasteiger partial charge in [-0.3, -0.25) is 9.36 Å². The van der Waals surface area contributed by atoms with Gasteiger partial charge in [-0.05, 0) is 36.8 Å². The van der Waals surface area contributed by atoms with Crippen LogP contribution in [0.5, 0.6) is 0 Å². The van der Waals surface area contributed by atoms with Crippen molar-refractivity contribution in [3.8, 4) is 5.69 Å². The molecule has 0 unspecified atom stereocenters. The van der Waals surface area contributed by atoms with Gasteiger partial charge in [-0.2, -0.15) is 0 Å². The molecular weight excluding hydrogens is 300 g/mol. The van der Waals surface area contributed by atoms with Crippen LogP contribution in [-0.4, -0.2) is 35.7 Å². The first-order valence-electron chi connectivity index (χ1n) is 8.28. The zero-order valence-electron chi connectivity index (χ0n) is 13.7. The van der Waals surface area contributed by atoms with Crippen molar-refractivity contribution in [2.24, 2.45) is 0 Å². The summed E-state index contributed by atoms with van der Waals surface area (Å²) in [7, 11) is 0. The maximum absolute atomic E-state index is 13.2. The van der Waals surface area contributed by atoms with Gasteiger partial charge in [0.2, 0.25) is 0 Å². The average molecular weight is 320 g/mol. The summed E-state index contributed by atoms with van der Waals surface area (Å²) < 4.78 is 1.78. The monoisotopic (exact) mass is 320 g/mol. The van der Waals surface area contributed by atoms with Crippen LogP contribution in [0.25, 0.3) is 16.7 Å². The van der Waals surface area contributed by atoms with Gasteiger partial charge in [0.25, 0.3) is 5.56 Å². The highest BCUT2D eigenvalue weighted by atomic mass is 16.1. The summed E-state index contributed by atoms with van der Waals surface area (Å²) in [5.74, 6) is 0.539. The van der Waals surface area contributed by atoms with E-state index in [-0.39, 0.29) is 5.56 Å². The van der Waals surface area contributed by atoms with Crippen molar-refractivity contribution in [3.63, 3.8) is 0 Å². The van der Waals surface area contributed by atoms with Gasteiger partial charge in [0.05, 0.1) is 11.0 Å². The third-order valence-corrected chi connectivity index (χ3v) is 4.42. The van der Waals surface area contributed by atoms with Crippen LogP contribution in [-0.2, 0) is 0 Å². The van der Waals surface area contributed by atoms with E-state index >= 15 is 0 Å². The molecule has 0 bridgehead atoms. The molecule has 0 radical (unpaired) electrons. The number of fused-ring (bicyclic) bond motifs is 1. The molecule has 1 aliphatic heterocycles. The van der Waals surface area contributed by atoms with Crippen LogP contribution in [0.3, 0.4) is 0 Å². The van der Waals surface area contributed by atoms with E-state index in [1.165, 1.54) is 0 Å². The Labute approximate surface area is 140 Å². The SMILES string of the molecule is Cc1ccc2nc(N3CCNCC3)c(=O)n(-c3ccccc3)c2c1. The van der Waals surface area contributed by atoms with Crippen molar-refractivity contribution in [2.75, 3.05) is 31.1 Å². The van der Waals surface area contributed by atoms with Crippen LogP contribution in [0, 0.1) is 6.92 Å². The first kappa shape index (κ1) is 14.9. The number of benzene rings is 2. The third kappa shape index (κ3) is 2.57. The predicted molar refractivity (Wildman–Crippen MR) is 97.2 cm³/mol. The maximum atomic E-state index is 13.2. The summed E-state index contributed by atoms with van der Waals surface area (Å²) in [4.78, 5) is 20.0. The van der Waals surface area contributed by atoms with Crippen LogP contribution in [0.2, 0.25) is 0 Å². The van der Waals surface area contributed by atoms with Gasteiger partial charge in [0, 0.05) is 31.9 Å². The minimum absolute atomic E-state index is 0.0544. The highest BCUT2D eigenvalue weighted by Gasteiger charge is 2.19. The predicted octanol–water partition coefficient (Wildman–Crippen LogP) is 2.10. The van der Waals surface area contributed by atoms with Gasteiger partial charge >= 0.3 is 0 Å². The molecule has 4 rings (SSSR count). The van der Waals surface area contributed by atoms with E-state index in [4.69, 9.17) is 4.98 Å². The van der Waals surface area contributed by atoms with Crippen LogP contribution >= 0.6 is 0 Å².